The normalized spacial score (nSPS) is 11.0. The van der Waals surface area contributed by atoms with Gasteiger partial charge < -0.3 is 5.32 Å². The monoisotopic (exact) mass is 340 g/mol. The molecule has 3 nitrogen and oxygen atoms in total. The molecule has 0 unspecified atom stereocenters. The van der Waals surface area contributed by atoms with Crippen molar-refractivity contribution in [3.8, 4) is 11.1 Å². The zero-order valence-corrected chi connectivity index (χ0v) is 15.1. The number of hydrogen-bond acceptors (Lipinski definition) is 2. The van der Waals surface area contributed by atoms with Crippen LogP contribution in [0.1, 0.15) is 18.1 Å². The number of carbonyl (C=O) groups is 1. The molecule has 1 N–H and O–H groups in total. The maximum absolute atomic E-state index is 11.5. The van der Waals surface area contributed by atoms with Crippen molar-refractivity contribution in [2.75, 3.05) is 5.32 Å². The van der Waals surface area contributed by atoms with Crippen molar-refractivity contribution in [1.82, 2.24) is 4.98 Å². The zero-order valence-electron chi connectivity index (χ0n) is 15.1. The Balaban J connectivity index is 2.14. The third-order valence-electron chi connectivity index (χ3n) is 4.66. The molecule has 0 aliphatic heterocycles. The lowest BCUT2D eigenvalue weighted by Crippen LogP contribution is -2.05. The fraction of sp³-hybridized carbons (Fsp3) is 0.130. The van der Waals surface area contributed by atoms with E-state index in [-0.39, 0.29) is 5.91 Å². The van der Waals surface area contributed by atoms with Crippen LogP contribution >= 0.6 is 0 Å². The smallest absolute Gasteiger partial charge is 0.221 e. The summed E-state index contributed by atoms with van der Waals surface area (Å²) >= 11 is 0. The number of hydrogen-bond donors (Lipinski definition) is 1. The van der Waals surface area contributed by atoms with E-state index in [0.29, 0.717) is 0 Å². The van der Waals surface area contributed by atoms with Gasteiger partial charge in [-0.25, -0.2) is 4.98 Å². The Hall–Kier alpha value is -3.20. The molecule has 0 bridgehead atoms. The number of nitrogens with one attached hydrogen (secondary N) is 1. The van der Waals surface area contributed by atoms with Gasteiger partial charge in [-0.15, -0.1) is 0 Å². The molecule has 0 atom stereocenters. The van der Waals surface area contributed by atoms with Crippen LogP contribution in [-0.2, 0) is 4.79 Å². The van der Waals surface area contributed by atoms with Gasteiger partial charge in [0.2, 0.25) is 5.91 Å². The predicted molar refractivity (Wildman–Crippen MR) is 108 cm³/mol. The Morgan fingerprint density at radius 3 is 2.46 bits per heavy atom. The van der Waals surface area contributed by atoms with Crippen LogP contribution in [0.2, 0.25) is 0 Å². The Morgan fingerprint density at radius 2 is 1.65 bits per heavy atom. The van der Waals surface area contributed by atoms with Crippen LogP contribution in [0.15, 0.2) is 60.7 Å². The van der Waals surface area contributed by atoms with Crippen LogP contribution in [0.4, 0.5) is 5.69 Å². The third kappa shape index (κ3) is 2.82. The van der Waals surface area contributed by atoms with Crippen molar-refractivity contribution in [2.24, 2.45) is 0 Å². The summed E-state index contributed by atoms with van der Waals surface area (Å²) in [6.07, 6.45) is 0. The van der Waals surface area contributed by atoms with E-state index >= 15 is 0 Å². The molecule has 1 heterocycles. The lowest BCUT2D eigenvalue weighted by Gasteiger charge is -2.15. The summed E-state index contributed by atoms with van der Waals surface area (Å²) in [4.78, 5) is 16.3. The van der Waals surface area contributed by atoms with Crippen molar-refractivity contribution >= 4 is 33.4 Å². The lowest BCUT2D eigenvalue weighted by molar-refractivity contribution is -0.114. The predicted octanol–water partition coefficient (Wildman–Crippen LogP) is 5.63. The van der Waals surface area contributed by atoms with E-state index in [1.165, 1.54) is 29.2 Å². The van der Waals surface area contributed by atoms with Gasteiger partial charge in [-0.2, -0.15) is 0 Å². The number of aromatic nitrogens is 1. The Labute approximate surface area is 152 Å². The van der Waals surface area contributed by atoms with Gasteiger partial charge in [0.1, 0.15) is 0 Å². The number of pyridine rings is 1. The Kier molecular flexibility index (Phi) is 3.92. The molecule has 0 spiro atoms. The standard InChI is InChI=1S/C23H20N2O/c1-14-8-9-15(2)19(12-14)23-18-6-4-5-7-21(18)25-22-11-10-17(13-20(22)23)24-16(3)26/h4-13H,1-3H3,(H,24,26). The highest BCUT2D eigenvalue weighted by atomic mass is 16.1. The van der Waals surface area contributed by atoms with Crippen molar-refractivity contribution in [2.45, 2.75) is 20.8 Å². The number of rotatable bonds is 2. The van der Waals surface area contributed by atoms with Gasteiger partial charge in [-0.05, 0) is 49.2 Å². The molecule has 0 aliphatic carbocycles. The summed E-state index contributed by atoms with van der Waals surface area (Å²) in [7, 11) is 0. The second kappa shape index (κ2) is 6.26. The highest BCUT2D eigenvalue weighted by molar-refractivity contribution is 6.11. The summed E-state index contributed by atoms with van der Waals surface area (Å²) in [6, 6.07) is 20.6. The van der Waals surface area contributed by atoms with Gasteiger partial charge in [0.15, 0.2) is 0 Å². The van der Waals surface area contributed by atoms with Crippen molar-refractivity contribution < 1.29 is 4.79 Å². The van der Waals surface area contributed by atoms with E-state index in [9.17, 15) is 4.79 Å². The van der Waals surface area contributed by atoms with E-state index in [4.69, 9.17) is 4.98 Å². The van der Waals surface area contributed by atoms with Crippen LogP contribution in [0, 0.1) is 13.8 Å². The summed E-state index contributed by atoms with van der Waals surface area (Å²) in [5.74, 6) is -0.0774. The zero-order chi connectivity index (χ0) is 18.3. The van der Waals surface area contributed by atoms with Gasteiger partial charge >= 0.3 is 0 Å². The average molecular weight is 340 g/mol. The first-order valence-electron chi connectivity index (χ1n) is 8.70. The first-order valence-corrected chi connectivity index (χ1v) is 8.70. The molecule has 1 aromatic heterocycles. The maximum Gasteiger partial charge on any atom is 0.221 e. The third-order valence-corrected chi connectivity index (χ3v) is 4.66. The van der Waals surface area contributed by atoms with Crippen LogP contribution in [0.5, 0.6) is 0 Å². The Bertz CT molecular complexity index is 1160. The molecule has 0 aliphatic rings. The molecule has 3 aromatic carbocycles. The van der Waals surface area contributed by atoms with Gasteiger partial charge in [0.25, 0.3) is 0 Å². The minimum atomic E-state index is -0.0774. The number of amides is 1. The van der Waals surface area contributed by atoms with Crippen LogP contribution in [0.25, 0.3) is 32.9 Å². The number of para-hydroxylation sites is 1. The fourth-order valence-corrected chi connectivity index (χ4v) is 3.47. The molecule has 3 heteroatoms. The molecule has 0 saturated carbocycles. The number of aryl methyl sites for hydroxylation is 2. The number of fused-ring (bicyclic) bond motifs is 2. The topological polar surface area (TPSA) is 42.0 Å². The summed E-state index contributed by atoms with van der Waals surface area (Å²) in [5.41, 5.74) is 7.49. The SMILES string of the molecule is CC(=O)Nc1ccc2nc3ccccc3c(-c3cc(C)ccc3C)c2c1. The van der Waals surface area contributed by atoms with E-state index in [0.717, 1.165) is 27.5 Å². The molecule has 4 aromatic rings. The van der Waals surface area contributed by atoms with Crippen molar-refractivity contribution in [3.63, 3.8) is 0 Å². The minimum Gasteiger partial charge on any atom is -0.326 e. The molecular weight excluding hydrogens is 320 g/mol. The largest absolute Gasteiger partial charge is 0.326 e. The fourth-order valence-electron chi connectivity index (χ4n) is 3.47. The lowest BCUT2D eigenvalue weighted by atomic mass is 9.92. The van der Waals surface area contributed by atoms with Gasteiger partial charge in [0.05, 0.1) is 11.0 Å². The number of anilines is 1. The molecule has 0 saturated heterocycles. The second-order valence-electron chi connectivity index (χ2n) is 6.74. The second-order valence-corrected chi connectivity index (χ2v) is 6.74. The van der Waals surface area contributed by atoms with Crippen molar-refractivity contribution in [1.29, 1.82) is 0 Å². The number of nitrogens with zero attached hydrogens (tertiary/aromatic N) is 1. The Morgan fingerprint density at radius 1 is 0.885 bits per heavy atom. The van der Waals surface area contributed by atoms with E-state index in [1.54, 1.807) is 0 Å². The van der Waals surface area contributed by atoms with Crippen LogP contribution in [0.3, 0.4) is 0 Å². The summed E-state index contributed by atoms with van der Waals surface area (Å²) < 4.78 is 0. The number of carbonyl (C=O) groups excluding carboxylic acids is 1. The quantitative estimate of drug-likeness (QED) is 0.480. The molecule has 26 heavy (non-hydrogen) atoms. The molecule has 1 amide bonds. The van der Waals surface area contributed by atoms with E-state index in [2.05, 4.69) is 43.4 Å². The first kappa shape index (κ1) is 16.3. The van der Waals surface area contributed by atoms with E-state index in [1.807, 2.05) is 36.4 Å². The molecule has 0 fully saturated rings. The van der Waals surface area contributed by atoms with Gasteiger partial charge in [0, 0.05) is 28.9 Å². The molecule has 0 radical (unpaired) electrons. The van der Waals surface area contributed by atoms with Crippen LogP contribution < -0.4 is 5.32 Å². The summed E-state index contributed by atoms with van der Waals surface area (Å²) in [5, 5.41) is 5.05. The van der Waals surface area contributed by atoms with E-state index < -0.39 is 0 Å². The molecule has 128 valence electrons. The minimum absolute atomic E-state index is 0.0774. The van der Waals surface area contributed by atoms with Crippen LogP contribution in [-0.4, -0.2) is 10.9 Å². The van der Waals surface area contributed by atoms with Crippen molar-refractivity contribution in [3.05, 3.63) is 71.8 Å². The van der Waals surface area contributed by atoms with Gasteiger partial charge in [-0.1, -0.05) is 42.0 Å². The molecule has 4 rings (SSSR count). The maximum atomic E-state index is 11.5. The number of benzene rings is 3. The molecular formula is C23H20N2O. The summed E-state index contributed by atoms with van der Waals surface area (Å²) in [6.45, 7) is 5.76. The van der Waals surface area contributed by atoms with Gasteiger partial charge in [-0.3, -0.25) is 4.79 Å². The highest BCUT2D eigenvalue weighted by Gasteiger charge is 2.14. The first-order chi connectivity index (χ1) is 12.5. The average Bonchev–Trinajstić information content (AvgIpc) is 2.61. The highest BCUT2D eigenvalue weighted by Crippen LogP contribution is 2.37.